The van der Waals surface area contributed by atoms with Crippen LogP contribution in [0.25, 0.3) is 0 Å². The molecule has 26 heavy (non-hydrogen) atoms. The Morgan fingerprint density at radius 2 is 1.92 bits per heavy atom. The van der Waals surface area contributed by atoms with Crippen LogP contribution in [0.5, 0.6) is 11.5 Å². The molecule has 1 aliphatic heterocycles. The van der Waals surface area contributed by atoms with Crippen LogP contribution >= 0.6 is 0 Å². The third kappa shape index (κ3) is 4.32. The van der Waals surface area contributed by atoms with E-state index >= 15 is 0 Å². The standard InChI is InChI=1S/C20H23FN2O3/c1-14(15-7-8-18-19(13-15)26-12-11-25-18)23(2)10-9-20(24)22-17-6-4-3-5-16(17)21/h3-8,13-14H,9-12H2,1-2H3,(H,22,24). The molecule has 1 unspecified atom stereocenters. The monoisotopic (exact) mass is 358 g/mol. The molecule has 1 atom stereocenters. The van der Waals surface area contributed by atoms with E-state index in [1.165, 1.54) is 6.07 Å². The molecule has 0 aliphatic carbocycles. The molecule has 0 saturated carbocycles. The Hall–Kier alpha value is -2.60. The van der Waals surface area contributed by atoms with Crippen LogP contribution in [-0.4, -0.2) is 37.6 Å². The highest BCUT2D eigenvalue weighted by atomic mass is 19.1. The number of nitrogens with one attached hydrogen (secondary N) is 1. The van der Waals surface area contributed by atoms with E-state index in [9.17, 15) is 9.18 Å². The van der Waals surface area contributed by atoms with Crippen molar-refractivity contribution >= 4 is 11.6 Å². The molecule has 6 heteroatoms. The Kier molecular flexibility index (Phi) is 5.73. The number of hydrogen-bond acceptors (Lipinski definition) is 4. The summed E-state index contributed by atoms with van der Waals surface area (Å²) in [5.74, 6) is 0.876. The average molecular weight is 358 g/mol. The first-order valence-corrected chi connectivity index (χ1v) is 8.69. The topological polar surface area (TPSA) is 50.8 Å². The number of nitrogens with zero attached hydrogens (tertiary/aromatic N) is 1. The summed E-state index contributed by atoms with van der Waals surface area (Å²) in [6.07, 6.45) is 0.278. The molecule has 0 spiro atoms. The first-order chi connectivity index (χ1) is 12.5. The molecule has 2 aromatic rings. The first-order valence-electron chi connectivity index (χ1n) is 8.69. The van der Waals surface area contributed by atoms with E-state index in [1.54, 1.807) is 18.2 Å². The molecule has 0 aromatic heterocycles. The number of para-hydroxylation sites is 1. The van der Waals surface area contributed by atoms with Crippen LogP contribution in [0.4, 0.5) is 10.1 Å². The molecule has 1 amide bonds. The Balaban J connectivity index is 1.55. The van der Waals surface area contributed by atoms with Crippen LogP contribution in [0.15, 0.2) is 42.5 Å². The van der Waals surface area contributed by atoms with Crippen molar-refractivity contribution in [3.8, 4) is 11.5 Å². The molecule has 0 fully saturated rings. The normalized spacial score (nSPS) is 14.2. The predicted octanol–water partition coefficient (Wildman–Crippen LogP) is 3.62. The van der Waals surface area contributed by atoms with Gasteiger partial charge in [-0.25, -0.2) is 4.39 Å². The molecule has 5 nitrogen and oxygen atoms in total. The highest BCUT2D eigenvalue weighted by Crippen LogP contribution is 2.33. The lowest BCUT2D eigenvalue weighted by molar-refractivity contribution is -0.116. The number of benzene rings is 2. The predicted molar refractivity (Wildman–Crippen MR) is 98.1 cm³/mol. The minimum Gasteiger partial charge on any atom is -0.486 e. The highest BCUT2D eigenvalue weighted by molar-refractivity contribution is 5.90. The van der Waals surface area contributed by atoms with Gasteiger partial charge >= 0.3 is 0 Å². The summed E-state index contributed by atoms with van der Waals surface area (Å²) < 4.78 is 24.8. The van der Waals surface area contributed by atoms with Crippen molar-refractivity contribution < 1.29 is 18.7 Å². The summed E-state index contributed by atoms with van der Waals surface area (Å²) in [6.45, 7) is 3.74. The second-order valence-corrected chi connectivity index (χ2v) is 6.34. The minimum atomic E-state index is -0.432. The number of rotatable bonds is 6. The molecular weight excluding hydrogens is 335 g/mol. The zero-order valence-corrected chi connectivity index (χ0v) is 15.0. The molecule has 2 aromatic carbocycles. The van der Waals surface area contributed by atoms with Gasteiger partial charge in [-0.3, -0.25) is 9.69 Å². The second-order valence-electron chi connectivity index (χ2n) is 6.34. The first kappa shape index (κ1) is 18.2. The molecule has 1 aliphatic rings. The number of amides is 1. The smallest absolute Gasteiger partial charge is 0.225 e. The number of ether oxygens (including phenoxy) is 2. The van der Waals surface area contributed by atoms with Crippen molar-refractivity contribution in [2.24, 2.45) is 0 Å². The lowest BCUT2D eigenvalue weighted by Crippen LogP contribution is -2.27. The van der Waals surface area contributed by atoms with Crippen molar-refractivity contribution in [2.45, 2.75) is 19.4 Å². The van der Waals surface area contributed by atoms with Gasteiger partial charge in [0.2, 0.25) is 5.91 Å². The van der Waals surface area contributed by atoms with Crippen molar-refractivity contribution in [2.75, 3.05) is 32.1 Å². The van der Waals surface area contributed by atoms with E-state index in [4.69, 9.17) is 9.47 Å². The van der Waals surface area contributed by atoms with Gasteiger partial charge in [-0.05, 0) is 43.8 Å². The van der Waals surface area contributed by atoms with Crippen LogP contribution in [0.2, 0.25) is 0 Å². The summed E-state index contributed by atoms with van der Waals surface area (Å²) in [7, 11) is 1.96. The van der Waals surface area contributed by atoms with Crippen molar-refractivity contribution in [1.29, 1.82) is 0 Å². The highest BCUT2D eigenvalue weighted by Gasteiger charge is 2.18. The fraction of sp³-hybridized carbons (Fsp3) is 0.350. The molecule has 0 radical (unpaired) electrons. The van der Waals surface area contributed by atoms with E-state index in [0.717, 1.165) is 17.1 Å². The third-order valence-electron chi connectivity index (χ3n) is 4.55. The maximum absolute atomic E-state index is 13.6. The molecule has 0 bridgehead atoms. The van der Waals surface area contributed by atoms with Crippen LogP contribution in [0.3, 0.4) is 0 Å². The minimum absolute atomic E-state index is 0.104. The SMILES string of the molecule is CC(c1ccc2c(c1)OCCO2)N(C)CCC(=O)Nc1ccccc1F. The molecule has 1 heterocycles. The molecule has 1 N–H and O–H groups in total. The van der Waals surface area contributed by atoms with Gasteiger partial charge in [0.1, 0.15) is 19.0 Å². The third-order valence-corrected chi connectivity index (χ3v) is 4.55. The number of fused-ring (bicyclic) bond motifs is 1. The van der Waals surface area contributed by atoms with Crippen LogP contribution in [0, 0.1) is 5.82 Å². The van der Waals surface area contributed by atoms with Crippen molar-refractivity contribution in [3.05, 3.63) is 53.8 Å². The average Bonchev–Trinajstić information content (AvgIpc) is 2.67. The van der Waals surface area contributed by atoms with Crippen molar-refractivity contribution in [3.63, 3.8) is 0 Å². The number of carbonyl (C=O) groups is 1. The fourth-order valence-corrected chi connectivity index (χ4v) is 2.82. The van der Waals surface area contributed by atoms with E-state index in [2.05, 4.69) is 17.1 Å². The van der Waals surface area contributed by atoms with Gasteiger partial charge in [0.15, 0.2) is 11.5 Å². The fourth-order valence-electron chi connectivity index (χ4n) is 2.82. The van der Waals surface area contributed by atoms with E-state index in [-0.39, 0.29) is 24.1 Å². The van der Waals surface area contributed by atoms with Crippen LogP contribution < -0.4 is 14.8 Å². The number of carbonyl (C=O) groups excluding carboxylic acids is 1. The van der Waals surface area contributed by atoms with E-state index in [1.807, 2.05) is 25.2 Å². The van der Waals surface area contributed by atoms with Crippen molar-refractivity contribution in [1.82, 2.24) is 4.90 Å². The Morgan fingerprint density at radius 3 is 2.69 bits per heavy atom. The van der Waals surface area contributed by atoms with Gasteiger partial charge in [-0.2, -0.15) is 0 Å². The largest absolute Gasteiger partial charge is 0.486 e. The van der Waals surface area contributed by atoms with E-state index < -0.39 is 5.82 Å². The summed E-state index contributed by atoms with van der Waals surface area (Å²) in [5, 5.41) is 2.61. The van der Waals surface area contributed by atoms with Gasteiger partial charge in [0.05, 0.1) is 5.69 Å². The quantitative estimate of drug-likeness (QED) is 0.857. The van der Waals surface area contributed by atoms with Gasteiger partial charge < -0.3 is 14.8 Å². The zero-order chi connectivity index (χ0) is 18.5. The summed E-state index contributed by atoms with van der Waals surface area (Å²) in [6, 6.07) is 12.2. The Morgan fingerprint density at radius 1 is 1.19 bits per heavy atom. The maximum atomic E-state index is 13.6. The molecule has 3 rings (SSSR count). The number of halogens is 1. The Labute approximate surface area is 152 Å². The maximum Gasteiger partial charge on any atom is 0.225 e. The number of hydrogen-bond donors (Lipinski definition) is 1. The summed E-state index contributed by atoms with van der Waals surface area (Å²) in [4.78, 5) is 14.2. The summed E-state index contributed by atoms with van der Waals surface area (Å²) >= 11 is 0. The van der Waals surface area contributed by atoms with E-state index in [0.29, 0.717) is 19.8 Å². The van der Waals surface area contributed by atoms with Gasteiger partial charge in [0, 0.05) is 19.0 Å². The number of anilines is 1. The lowest BCUT2D eigenvalue weighted by atomic mass is 10.1. The molecule has 0 saturated heterocycles. The Bertz CT molecular complexity index is 781. The zero-order valence-electron chi connectivity index (χ0n) is 15.0. The second kappa shape index (κ2) is 8.19. The van der Waals surface area contributed by atoms with Crippen LogP contribution in [-0.2, 0) is 4.79 Å². The summed E-state index contributed by atoms with van der Waals surface area (Å²) in [5.41, 5.74) is 1.30. The lowest BCUT2D eigenvalue weighted by Gasteiger charge is -2.26. The van der Waals surface area contributed by atoms with Gasteiger partial charge in [-0.1, -0.05) is 18.2 Å². The molecular formula is C20H23FN2O3. The van der Waals surface area contributed by atoms with Gasteiger partial charge in [-0.15, -0.1) is 0 Å². The van der Waals surface area contributed by atoms with Crippen LogP contribution in [0.1, 0.15) is 24.9 Å². The molecule has 138 valence electrons. The van der Waals surface area contributed by atoms with Gasteiger partial charge in [0.25, 0.3) is 0 Å².